The minimum absolute atomic E-state index is 0.0207. The highest BCUT2D eigenvalue weighted by Crippen LogP contribution is 2.14. The molecule has 19 heteroatoms. The monoisotopic (exact) mass is 895 g/mol. The second-order valence-corrected chi connectivity index (χ2v) is 17.0. The van der Waals surface area contributed by atoms with Gasteiger partial charge in [-0.1, -0.05) is 118 Å². The number of aliphatic hydroxyl groups is 1. The Labute approximate surface area is 377 Å². The molecule has 6 atom stereocenters. The number of hydrogen-bond donors (Lipinski definition) is 11. The third-order valence-electron chi connectivity index (χ3n) is 10.9. The van der Waals surface area contributed by atoms with Crippen LogP contribution in [0.3, 0.4) is 0 Å². The third kappa shape index (κ3) is 28.6. The zero-order chi connectivity index (χ0) is 47.6. The Morgan fingerprint density at radius 1 is 0.524 bits per heavy atom. The molecule has 0 unspecified atom stereocenters. The third-order valence-corrected chi connectivity index (χ3v) is 10.9. The minimum atomic E-state index is -1.46. The Kier molecular flexibility index (Phi) is 33.1. The van der Waals surface area contributed by atoms with E-state index in [2.05, 4.69) is 48.8 Å². The van der Waals surface area contributed by atoms with Gasteiger partial charge in [-0.2, -0.15) is 0 Å². The fourth-order valence-electron chi connectivity index (χ4n) is 6.94. The van der Waals surface area contributed by atoms with Crippen LogP contribution in [0.5, 0.6) is 0 Å². The number of guanidine groups is 2. The fourth-order valence-corrected chi connectivity index (χ4v) is 6.94. The molecule has 0 aromatic carbocycles. The molecule has 0 bridgehead atoms. The van der Waals surface area contributed by atoms with Gasteiger partial charge >= 0.3 is 0 Å². The van der Waals surface area contributed by atoms with E-state index >= 15 is 0 Å². The highest BCUT2D eigenvalue weighted by molar-refractivity contribution is 5.96. The van der Waals surface area contributed by atoms with E-state index in [0.29, 0.717) is 19.3 Å². The number of unbranched alkanes of at least 4 members (excludes halogenated alkanes) is 12. The van der Waals surface area contributed by atoms with Crippen molar-refractivity contribution in [2.24, 2.45) is 44.8 Å². The Balaban J connectivity index is 5.85. The van der Waals surface area contributed by atoms with Crippen molar-refractivity contribution in [3.05, 3.63) is 0 Å². The molecule has 0 radical (unpaired) electrons. The van der Waals surface area contributed by atoms with E-state index in [1.807, 2.05) is 20.8 Å². The van der Waals surface area contributed by atoms with Crippen molar-refractivity contribution in [1.29, 1.82) is 0 Å². The zero-order valence-electron chi connectivity index (χ0n) is 39.4. The lowest BCUT2D eigenvalue weighted by Gasteiger charge is -2.28. The predicted octanol–water partition coefficient (Wildman–Crippen LogP) is 1.83. The lowest BCUT2D eigenvalue weighted by molar-refractivity contribution is -0.136. The maximum atomic E-state index is 14.0. The van der Waals surface area contributed by atoms with Crippen molar-refractivity contribution in [2.45, 2.75) is 193 Å². The maximum absolute atomic E-state index is 14.0. The number of aliphatic hydroxyl groups excluding tert-OH is 1. The van der Waals surface area contributed by atoms with Gasteiger partial charge in [0.25, 0.3) is 0 Å². The fraction of sp³-hybridized carbons (Fsp3) is 0.818. The Hall–Kier alpha value is -4.68. The first-order valence-corrected chi connectivity index (χ1v) is 23.4. The number of nitrogens with one attached hydrogen (secondary N) is 6. The molecule has 364 valence electrons. The number of carbonyl (C=O) groups excluding carboxylic acids is 6. The lowest BCUT2D eigenvalue weighted by atomic mass is 9.98. The number of aliphatic imine (C=N–C) groups is 2. The van der Waals surface area contributed by atoms with E-state index in [1.165, 1.54) is 64.8 Å². The first-order chi connectivity index (χ1) is 30.0. The van der Waals surface area contributed by atoms with Gasteiger partial charge in [-0.15, -0.1) is 0 Å². The summed E-state index contributed by atoms with van der Waals surface area (Å²) >= 11 is 0. The summed E-state index contributed by atoms with van der Waals surface area (Å²) < 4.78 is 0. The van der Waals surface area contributed by atoms with Gasteiger partial charge in [0.2, 0.25) is 35.4 Å². The summed E-state index contributed by atoms with van der Waals surface area (Å²) in [5.74, 6) is -4.17. The number of nitrogens with zero attached hydrogens (tertiary/aromatic N) is 2. The van der Waals surface area contributed by atoms with Gasteiger partial charge in [-0.05, 0) is 50.4 Å². The van der Waals surface area contributed by atoms with Crippen molar-refractivity contribution < 1.29 is 33.9 Å². The second-order valence-electron chi connectivity index (χ2n) is 17.0. The number of rotatable bonds is 37. The molecule has 63 heavy (non-hydrogen) atoms. The Bertz CT molecular complexity index is 1390. The molecule has 0 aliphatic carbocycles. The molecule has 6 amide bonds. The number of amides is 6. The summed E-state index contributed by atoms with van der Waals surface area (Å²) in [7, 11) is 1.44. The van der Waals surface area contributed by atoms with E-state index in [9.17, 15) is 33.9 Å². The molecule has 0 aromatic heterocycles. The quantitative estimate of drug-likeness (QED) is 0.0243. The highest BCUT2D eigenvalue weighted by atomic mass is 16.3. The molecular weight excluding hydrogens is 809 g/mol. The molecule has 0 aliphatic rings. The molecule has 0 spiro atoms. The van der Waals surface area contributed by atoms with Gasteiger partial charge in [0.1, 0.15) is 30.2 Å². The second kappa shape index (κ2) is 35.7. The predicted molar refractivity (Wildman–Crippen MR) is 250 cm³/mol. The molecule has 0 heterocycles. The molecule has 0 saturated carbocycles. The standard InChI is InChI=1S/C44H86N12O7/c1-7-9-10-11-12-13-14-15-16-17-18-19-20-25-36(58)52-32(23-21-26-50-43(45)46)38(59)54-34(28-30(3)4)40(61)53-33(24-22-27-51-44(47)48)39(60)55-35(29-57)41(62)56-37(31(5)8-2)42(63)49-6/h30-35,37,57H,7-29H2,1-6H3,(H,49,63)(H,52,58)(H,53,61)(H,54,59)(H,55,60)(H,56,62)(H4,45,46,50)(H4,47,48,51)/t31-,32-,33-,34-,35-,37-/m0/s1. The van der Waals surface area contributed by atoms with E-state index in [-0.39, 0.29) is 74.9 Å². The van der Waals surface area contributed by atoms with Crippen LogP contribution in [0.4, 0.5) is 0 Å². The first-order valence-electron chi connectivity index (χ1n) is 23.4. The first kappa shape index (κ1) is 58.3. The number of hydrogen-bond acceptors (Lipinski definition) is 9. The summed E-state index contributed by atoms with van der Waals surface area (Å²) in [5, 5.41) is 26.1. The van der Waals surface area contributed by atoms with Crippen LogP contribution in [0, 0.1) is 11.8 Å². The molecule has 15 N–H and O–H groups in total. The summed E-state index contributed by atoms with van der Waals surface area (Å²) in [6.45, 7) is 9.16. The van der Waals surface area contributed by atoms with Crippen molar-refractivity contribution in [3.8, 4) is 0 Å². The van der Waals surface area contributed by atoms with Gasteiger partial charge < -0.3 is 59.9 Å². The summed E-state index contributed by atoms with van der Waals surface area (Å²) in [6.07, 6.45) is 17.1. The van der Waals surface area contributed by atoms with Crippen LogP contribution in [-0.4, -0.2) is 109 Å². The number of nitrogens with two attached hydrogens (primary N) is 4. The van der Waals surface area contributed by atoms with Gasteiger partial charge in [0, 0.05) is 26.6 Å². The molecule has 0 aliphatic heterocycles. The van der Waals surface area contributed by atoms with Gasteiger partial charge in [0.05, 0.1) is 6.61 Å². The molecule has 0 saturated heterocycles. The van der Waals surface area contributed by atoms with Crippen LogP contribution in [0.1, 0.15) is 163 Å². The molecular formula is C44H86N12O7. The highest BCUT2D eigenvalue weighted by Gasteiger charge is 2.33. The molecule has 19 nitrogen and oxygen atoms in total. The number of likely N-dealkylation sites (N-methyl/N-ethyl adjacent to an activating group) is 1. The topological polar surface area (TPSA) is 324 Å². The Morgan fingerprint density at radius 2 is 0.937 bits per heavy atom. The van der Waals surface area contributed by atoms with Gasteiger partial charge in [-0.3, -0.25) is 38.8 Å². The molecule has 0 aromatic rings. The van der Waals surface area contributed by atoms with E-state index < -0.39 is 66.4 Å². The van der Waals surface area contributed by atoms with Gasteiger partial charge in [0.15, 0.2) is 11.9 Å². The van der Waals surface area contributed by atoms with Crippen LogP contribution in [-0.2, 0) is 28.8 Å². The zero-order valence-corrected chi connectivity index (χ0v) is 39.4. The maximum Gasteiger partial charge on any atom is 0.245 e. The largest absolute Gasteiger partial charge is 0.394 e. The number of carbonyl (C=O) groups is 6. The molecule has 0 rings (SSSR count). The lowest BCUT2D eigenvalue weighted by Crippen LogP contribution is -2.60. The van der Waals surface area contributed by atoms with Crippen LogP contribution < -0.4 is 54.8 Å². The summed E-state index contributed by atoms with van der Waals surface area (Å²) in [6, 6.07) is -5.75. The van der Waals surface area contributed by atoms with Crippen LogP contribution in [0.15, 0.2) is 9.98 Å². The molecule has 0 fully saturated rings. The van der Waals surface area contributed by atoms with Crippen molar-refractivity contribution in [2.75, 3.05) is 26.7 Å². The SMILES string of the molecule is CCCCCCCCCCCCCCCC(=O)N[C@@H](CCCN=C(N)N)C(=O)N[C@@H](CC(C)C)C(=O)N[C@@H](CCCN=C(N)N)C(=O)N[C@@H](CO)C(=O)N[C@H](C(=O)NC)[C@@H](C)CC. The smallest absolute Gasteiger partial charge is 0.245 e. The van der Waals surface area contributed by atoms with Gasteiger partial charge in [-0.25, -0.2) is 0 Å². The van der Waals surface area contributed by atoms with Crippen molar-refractivity contribution >= 4 is 47.4 Å². The normalized spacial score (nSPS) is 13.9. The van der Waals surface area contributed by atoms with Crippen molar-refractivity contribution in [1.82, 2.24) is 31.9 Å². The summed E-state index contributed by atoms with van der Waals surface area (Å²) in [5.41, 5.74) is 21.9. The minimum Gasteiger partial charge on any atom is -0.394 e. The van der Waals surface area contributed by atoms with E-state index in [1.54, 1.807) is 6.92 Å². The average molecular weight is 895 g/mol. The van der Waals surface area contributed by atoms with E-state index in [0.717, 1.165) is 19.3 Å². The van der Waals surface area contributed by atoms with Crippen LogP contribution in [0.25, 0.3) is 0 Å². The van der Waals surface area contributed by atoms with Crippen molar-refractivity contribution in [3.63, 3.8) is 0 Å². The average Bonchev–Trinajstić information content (AvgIpc) is 3.24. The van der Waals surface area contributed by atoms with Crippen LogP contribution >= 0.6 is 0 Å². The summed E-state index contributed by atoms with van der Waals surface area (Å²) in [4.78, 5) is 88.4. The van der Waals surface area contributed by atoms with Crippen LogP contribution in [0.2, 0.25) is 0 Å². The Morgan fingerprint density at radius 3 is 1.37 bits per heavy atom. The van der Waals surface area contributed by atoms with E-state index in [4.69, 9.17) is 22.9 Å².